The number of nitrogens with zero attached hydrogens (tertiary/aromatic N) is 3. The number of hydrogen-bond acceptors (Lipinski definition) is 2. The van der Waals surface area contributed by atoms with E-state index >= 15 is 0 Å². The van der Waals surface area contributed by atoms with Crippen LogP contribution in [0.15, 0.2) is 18.5 Å². The van der Waals surface area contributed by atoms with Gasteiger partial charge < -0.3 is 4.40 Å². The molecule has 0 aliphatic heterocycles. The second kappa shape index (κ2) is 4.56. The predicted molar refractivity (Wildman–Crippen MR) is 56.0 cm³/mol. The van der Waals surface area contributed by atoms with Gasteiger partial charge in [-0.1, -0.05) is 13.8 Å². The SMILES string of the molecule is CC.Cc1cnc2c(F)c(C#N)ccn12. The van der Waals surface area contributed by atoms with Crippen LogP contribution in [0.5, 0.6) is 0 Å². The zero-order valence-corrected chi connectivity index (χ0v) is 8.95. The van der Waals surface area contributed by atoms with E-state index in [9.17, 15) is 4.39 Å². The van der Waals surface area contributed by atoms with Gasteiger partial charge in [0.25, 0.3) is 0 Å². The van der Waals surface area contributed by atoms with Crippen molar-refractivity contribution in [3.8, 4) is 6.07 Å². The van der Waals surface area contributed by atoms with E-state index < -0.39 is 5.82 Å². The molecule has 0 spiro atoms. The highest BCUT2D eigenvalue weighted by Gasteiger charge is 2.09. The normalized spacial score (nSPS) is 9.27. The second-order valence-electron chi connectivity index (χ2n) is 2.75. The minimum absolute atomic E-state index is 0.0260. The van der Waals surface area contributed by atoms with Gasteiger partial charge >= 0.3 is 0 Å². The lowest BCUT2D eigenvalue weighted by atomic mass is 10.3. The van der Waals surface area contributed by atoms with Crippen LogP contribution in [0.3, 0.4) is 0 Å². The van der Waals surface area contributed by atoms with Crippen LogP contribution in [0.25, 0.3) is 5.65 Å². The Bertz CT molecular complexity index is 508. The number of pyridine rings is 1. The topological polar surface area (TPSA) is 41.1 Å². The third kappa shape index (κ3) is 1.82. The Kier molecular flexibility index (Phi) is 3.40. The van der Waals surface area contributed by atoms with Gasteiger partial charge in [-0.15, -0.1) is 0 Å². The Balaban J connectivity index is 0.000000531. The lowest BCUT2D eigenvalue weighted by Crippen LogP contribution is -1.93. The van der Waals surface area contributed by atoms with Gasteiger partial charge in [0, 0.05) is 18.1 Å². The summed E-state index contributed by atoms with van der Waals surface area (Å²) in [6.45, 7) is 5.82. The van der Waals surface area contributed by atoms with E-state index in [-0.39, 0.29) is 11.2 Å². The fraction of sp³-hybridized carbons (Fsp3) is 0.273. The molecule has 0 bridgehead atoms. The van der Waals surface area contributed by atoms with E-state index in [1.807, 2.05) is 20.8 Å². The molecule has 0 saturated heterocycles. The summed E-state index contributed by atoms with van der Waals surface area (Å²) in [5, 5.41) is 8.56. The summed E-state index contributed by atoms with van der Waals surface area (Å²) in [4.78, 5) is 3.86. The Hall–Kier alpha value is -1.89. The van der Waals surface area contributed by atoms with Crippen molar-refractivity contribution >= 4 is 5.65 Å². The van der Waals surface area contributed by atoms with Crippen molar-refractivity contribution in [2.24, 2.45) is 0 Å². The molecule has 0 radical (unpaired) electrons. The standard InChI is InChI=1S/C9H6FN3.C2H6/c1-6-5-12-9-8(10)7(4-11)2-3-13(6)9;1-2/h2-3,5H,1H3;1-2H3. The summed E-state index contributed by atoms with van der Waals surface area (Å²) in [5.41, 5.74) is 1.08. The molecule has 0 atom stereocenters. The van der Waals surface area contributed by atoms with Gasteiger partial charge in [-0.2, -0.15) is 5.26 Å². The van der Waals surface area contributed by atoms with Gasteiger partial charge in [-0.3, -0.25) is 0 Å². The monoisotopic (exact) mass is 205 g/mol. The summed E-state index contributed by atoms with van der Waals surface area (Å²) < 4.78 is 15.0. The number of aromatic nitrogens is 2. The third-order valence-corrected chi connectivity index (χ3v) is 1.93. The maximum atomic E-state index is 13.4. The molecule has 0 N–H and O–H groups in total. The van der Waals surface area contributed by atoms with Gasteiger partial charge in [0.1, 0.15) is 6.07 Å². The van der Waals surface area contributed by atoms with Crippen LogP contribution in [-0.2, 0) is 0 Å². The molecule has 3 nitrogen and oxygen atoms in total. The smallest absolute Gasteiger partial charge is 0.184 e. The van der Waals surface area contributed by atoms with E-state index in [0.717, 1.165) is 5.69 Å². The highest BCUT2D eigenvalue weighted by atomic mass is 19.1. The second-order valence-corrected chi connectivity index (χ2v) is 2.75. The van der Waals surface area contributed by atoms with Crippen LogP contribution in [0.1, 0.15) is 25.1 Å². The van der Waals surface area contributed by atoms with Crippen LogP contribution in [0, 0.1) is 24.1 Å². The molecule has 15 heavy (non-hydrogen) atoms. The molecule has 0 aromatic carbocycles. The molecule has 2 heterocycles. The van der Waals surface area contributed by atoms with E-state index in [1.54, 1.807) is 22.9 Å². The molecular weight excluding hydrogens is 193 g/mol. The van der Waals surface area contributed by atoms with Crippen molar-refractivity contribution in [3.05, 3.63) is 35.5 Å². The number of fused-ring (bicyclic) bond motifs is 1. The number of nitriles is 1. The van der Waals surface area contributed by atoms with E-state index in [2.05, 4.69) is 4.98 Å². The summed E-state index contributed by atoms with van der Waals surface area (Å²) in [7, 11) is 0. The van der Waals surface area contributed by atoms with Gasteiger partial charge in [0.15, 0.2) is 11.5 Å². The van der Waals surface area contributed by atoms with E-state index in [0.29, 0.717) is 0 Å². The first-order valence-electron chi connectivity index (χ1n) is 4.76. The Labute approximate surface area is 87.8 Å². The predicted octanol–water partition coefficient (Wildman–Crippen LogP) is 2.68. The number of rotatable bonds is 0. The maximum absolute atomic E-state index is 13.4. The lowest BCUT2D eigenvalue weighted by Gasteiger charge is -1.97. The summed E-state index contributed by atoms with van der Waals surface area (Å²) in [6.07, 6.45) is 3.21. The highest BCUT2D eigenvalue weighted by molar-refractivity contribution is 5.48. The average Bonchev–Trinajstić information content (AvgIpc) is 2.65. The van der Waals surface area contributed by atoms with Crippen molar-refractivity contribution < 1.29 is 4.39 Å². The van der Waals surface area contributed by atoms with Crippen molar-refractivity contribution in [2.45, 2.75) is 20.8 Å². The van der Waals surface area contributed by atoms with E-state index in [4.69, 9.17) is 5.26 Å². The minimum Gasteiger partial charge on any atom is -0.302 e. The van der Waals surface area contributed by atoms with Gasteiger partial charge in [0.05, 0.1) is 5.56 Å². The summed E-state index contributed by atoms with van der Waals surface area (Å²) in [6, 6.07) is 3.21. The highest BCUT2D eigenvalue weighted by Crippen LogP contribution is 2.13. The number of imidazole rings is 1. The van der Waals surface area contributed by atoms with Crippen LogP contribution in [0.2, 0.25) is 0 Å². The number of halogens is 1. The Morgan fingerprint density at radius 2 is 2.13 bits per heavy atom. The van der Waals surface area contributed by atoms with Crippen molar-refractivity contribution in [3.63, 3.8) is 0 Å². The third-order valence-electron chi connectivity index (χ3n) is 1.93. The van der Waals surface area contributed by atoms with Crippen molar-refractivity contribution in [1.29, 1.82) is 5.26 Å². The molecule has 2 aromatic rings. The molecule has 0 saturated carbocycles. The molecule has 4 heteroatoms. The molecular formula is C11H12FN3. The van der Waals surface area contributed by atoms with Crippen LogP contribution < -0.4 is 0 Å². The molecule has 0 aliphatic carbocycles. The zero-order valence-electron chi connectivity index (χ0n) is 8.95. The molecule has 78 valence electrons. The number of aryl methyl sites for hydroxylation is 1. The quantitative estimate of drug-likeness (QED) is 0.663. The zero-order chi connectivity index (χ0) is 11.4. The van der Waals surface area contributed by atoms with E-state index in [1.165, 1.54) is 6.07 Å². The fourth-order valence-corrected chi connectivity index (χ4v) is 1.23. The molecule has 0 fully saturated rings. The first kappa shape index (κ1) is 11.2. The maximum Gasteiger partial charge on any atom is 0.184 e. The average molecular weight is 205 g/mol. The van der Waals surface area contributed by atoms with Crippen molar-refractivity contribution in [1.82, 2.24) is 9.38 Å². The van der Waals surface area contributed by atoms with Crippen molar-refractivity contribution in [2.75, 3.05) is 0 Å². The first-order chi connectivity index (χ1) is 7.24. The number of hydrogen-bond donors (Lipinski definition) is 0. The Morgan fingerprint density at radius 1 is 1.47 bits per heavy atom. The van der Waals surface area contributed by atoms with Crippen LogP contribution in [-0.4, -0.2) is 9.38 Å². The minimum atomic E-state index is -0.557. The molecule has 2 rings (SSSR count). The first-order valence-corrected chi connectivity index (χ1v) is 4.76. The molecule has 0 amide bonds. The van der Waals surface area contributed by atoms with Crippen LogP contribution in [0.4, 0.5) is 4.39 Å². The summed E-state index contributed by atoms with van der Waals surface area (Å²) >= 11 is 0. The van der Waals surface area contributed by atoms with Crippen LogP contribution >= 0.6 is 0 Å². The largest absolute Gasteiger partial charge is 0.302 e. The molecule has 0 unspecified atom stereocenters. The van der Waals surface area contributed by atoms with Gasteiger partial charge in [-0.05, 0) is 13.0 Å². The molecule has 0 aliphatic rings. The molecule has 2 aromatic heterocycles. The fourth-order valence-electron chi connectivity index (χ4n) is 1.23. The summed E-state index contributed by atoms with van der Waals surface area (Å²) in [5.74, 6) is -0.557. The Morgan fingerprint density at radius 3 is 2.73 bits per heavy atom. The van der Waals surface area contributed by atoms with Gasteiger partial charge in [0.2, 0.25) is 0 Å². The van der Waals surface area contributed by atoms with Gasteiger partial charge in [-0.25, -0.2) is 9.37 Å². The lowest BCUT2D eigenvalue weighted by molar-refractivity contribution is 0.625.